The van der Waals surface area contributed by atoms with Crippen molar-refractivity contribution in [2.75, 3.05) is 0 Å². The normalized spacial score (nSPS) is 15.3. The molecule has 2 heteroatoms. The minimum absolute atomic E-state index is 0.0706. The van der Waals surface area contributed by atoms with E-state index in [9.17, 15) is 0 Å². The van der Waals surface area contributed by atoms with Crippen LogP contribution in [0.5, 0.6) is 0 Å². The van der Waals surface area contributed by atoms with Gasteiger partial charge in [-0.2, -0.15) is 0 Å². The molecule has 0 saturated heterocycles. The molecule has 0 nitrogen and oxygen atoms in total. The molecule has 0 spiro atoms. The van der Waals surface area contributed by atoms with Gasteiger partial charge < -0.3 is 0 Å². The van der Waals surface area contributed by atoms with E-state index in [2.05, 4.69) is 34.6 Å². The highest BCUT2D eigenvalue weighted by molar-refractivity contribution is 6.40. The summed E-state index contributed by atoms with van der Waals surface area (Å²) in [5.41, 5.74) is 0.0706. The van der Waals surface area contributed by atoms with Gasteiger partial charge in [-0.25, -0.2) is 0 Å². The Morgan fingerprint density at radius 2 is 1.10 bits per heavy atom. The topological polar surface area (TPSA) is 0 Å². The molecule has 0 aliphatic carbocycles. The molecule has 0 aliphatic heterocycles. The fraction of sp³-hybridized carbons (Fsp3) is 1.00. The number of unbranched alkanes of at least 4 members (excludes halogenated alkanes) is 7. The summed E-state index contributed by atoms with van der Waals surface area (Å²) < 4.78 is 0. The van der Waals surface area contributed by atoms with E-state index < -0.39 is 5.21 Å². The van der Waals surface area contributed by atoms with E-state index in [-0.39, 0.29) is 5.41 Å². The van der Waals surface area contributed by atoms with Gasteiger partial charge in [0.15, 0.2) is 0 Å². The Labute approximate surface area is 138 Å². The van der Waals surface area contributed by atoms with Crippen molar-refractivity contribution in [1.82, 2.24) is 0 Å². The van der Waals surface area contributed by atoms with Gasteiger partial charge in [0.2, 0.25) is 0 Å². The van der Waals surface area contributed by atoms with Crippen LogP contribution >= 0.6 is 0 Å². The van der Waals surface area contributed by atoms with Gasteiger partial charge in [0.1, 0.15) is 0 Å². The third-order valence-electron chi connectivity index (χ3n) is 5.41. The monoisotopic (exact) mass is 288 g/mol. The lowest BCUT2D eigenvalue weighted by Crippen LogP contribution is -2.39. The molecule has 0 aliphatic rings. The number of hydrogen-bond donors (Lipinski definition) is 0. The first-order valence-electron chi connectivity index (χ1n) is 9.39. The molecule has 4 radical (unpaired) electrons. The van der Waals surface area contributed by atoms with Crippen LogP contribution in [0, 0.1) is 11.3 Å². The highest BCUT2D eigenvalue weighted by Gasteiger charge is 2.40. The maximum atomic E-state index is 6.57. The summed E-state index contributed by atoms with van der Waals surface area (Å²) in [5.74, 6) is 0.323. The first kappa shape index (κ1) is 21.1. The van der Waals surface area contributed by atoms with Gasteiger partial charge in [0.25, 0.3) is 0 Å². The Kier molecular flexibility index (Phi) is 10.9. The molecule has 21 heavy (non-hydrogen) atoms. The zero-order valence-electron chi connectivity index (χ0n) is 15.5. The van der Waals surface area contributed by atoms with Gasteiger partial charge in [-0.1, -0.05) is 104 Å². The molecule has 0 saturated carbocycles. The average molecular weight is 288 g/mol. The van der Waals surface area contributed by atoms with Crippen molar-refractivity contribution in [3.63, 3.8) is 0 Å². The van der Waals surface area contributed by atoms with Gasteiger partial charge in [-0.15, -0.1) is 0 Å². The van der Waals surface area contributed by atoms with Gasteiger partial charge in [0, 0.05) is 0 Å². The molecule has 0 aromatic rings. The summed E-state index contributed by atoms with van der Waals surface area (Å²) in [7, 11) is 13.1. The van der Waals surface area contributed by atoms with E-state index in [4.69, 9.17) is 15.7 Å². The Morgan fingerprint density at radius 3 is 1.48 bits per heavy atom. The van der Waals surface area contributed by atoms with Crippen LogP contribution in [0.25, 0.3) is 0 Å². The molecule has 1 unspecified atom stereocenters. The second kappa shape index (κ2) is 10.8. The van der Waals surface area contributed by atoms with Crippen molar-refractivity contribution in [1.29, 1.82) is 0 Å². The van der Waals surface area contributed by atoms with Crippen LogP contribution in [0.3, 0.4) is 0 Å². The molecular weight excluding hydrogens is 250 g/mol. The van der Waals surface area contributed by atoms with E-state index in [0.29, 0.717) is 5.92 Å². The molecule has 0 N–H and O–H groups in total. The van der Waals surface area contributed by atoms with Crippen LogP contribution in [0.4, 0.5) is 0 Å². The summed E-state index contributed by atoms with van der Waals surface area (Å²) in [4.78, 5) is 0. The second-order valence-electron chi connectivity index (χ2n) is 7.62. The standard InChI is InChI=1S/C19H38B2/c1-6-8-10-12-14-16-18(5,15-13-11-9-7-2)19(20,21)17(3)4/h17H,6-16H2,1-5H3. The Hall–Kier alpha value is 0.130. The Balaban J connectivity index is 4.52. The number of hydrogen-bond acceptors (Lipinski definition) is 0. The summed E-state index contributed by atoms with van der Waals surface area (Å²) in [6, 6.07) is 0. The van der Waals surface area contributed by atoms with E-state index in [1.54, 1.807) is 0 Å². The van der Waals surface area contributed by atoms with Crippen molar-refractivity contribution in [3.05, 3.63) is 0 Å². The van der Waals surface area contributed by atoms with E-state index in [1.165, 1.54) is 70.6 Å². The fourth-order valence-electron chi connectivity index (χ4n) is 3.32. The molecular formula is C19H38B2. The highest BCUT2D eigenvalue weighted by Crippen LogP contribution is 2.52. The maximum absolute atomic E-state index is 6.57. The Morgan fingerprint density at radius 1 is 0.714 bits per heavy atom. The summed E-state index contributed by atoms with van der Waals surface area (Å²) >= 11 is 0. The molecule has 0 rings (SSSR count). The zero-order valence-corrected chi connectivity index (χ0v) is 15.5. The van der Waals surface area contributed by atoms with Crippen LogP contribution in [0.15, 0.2) is 0 Å². The second-order valence-corrected chi connectivity index (χ2v) is 7.62. The highest BCUT2D eigenvalue weighted by atomic mass is 14.4. The van der Waals surface area contributed by atoms with Gasteiger partial charge in [-0.3, -0.25) is 0 Å². The smallest absolute Gasteiger partial charge is 0.0631 e. The molecule has 0 amide bonds. The van der Waals surface area contributed by atoms with Crippen molar-refractivity contribution >= 4 is 15.7 Å². The quantitative estimate of drug-likeness (QED) is 0.270. The minimum atomic E-state index is -0.552. The van der Waals surface area contributed by atoms with Gasteiger partial charge in [-0.05, 0) is 18.3 Å². The molecule has 120 valence electrons. The van der Waals surface area contributed by atoms with E-state index in [1.807, 2.05) is 0 Å². The van der Waals surface area contributed by atoms with Crippen LogP contribution < -0.4 is 0 Å². The van der Waals surface area contributed by atoms with Crippen molar-refractivity contribution in [2.45, 2.75) is 110 Å². The van der Waals surface area contributed by atoms with Crippen molar-refractivity contribution in [3.8, 4) is 0 Å². The molecule has 0 aromatic carbocycles. The molecule has 0 bridgehead atoms. The van der Waals surface area contributed by atoms with E-state index in [0.717, 1.165) is 0 Å². The van der Waals surface area contributed by atoms with E-state index >= 15 is 0 Å². The maximum Gasteiger partial charge on any atom is 0.0631 e. The lowest BCUT2D eigenvalue weighted by atomic mass is 9.37. The SMILES string of the molecule is [B]C([B])(C(C)C)C(C)(CCCCCC)CCCCCCC. The predicted octanol–water partition coefficient (Wildman–Crippen LogP) is 6.43. The minimum Gasteiger partial charge on any atom is -0.0916 e. The third kappa shape index (κ3) is 7.29. The summed E-state index contributed by atoms with van der Waals surface area (Å²) in [5, 5.41) is -0.552. The van der Waals surface area contributed by atoms with Gasteiger partial charge in [0.05, 0.1) is 15.7 Å². The molecule has 0 aromatic heterocycles. The number of rotatable bonds is 13. The molecule has 1 atom stereocenters. The molecule has 0 heterocycles. The largest absolute Gasteiger partial charge is 0.0916 e. The lowest BCUT2D eigenvalue weighted by molar-refractivity contribution is 0.177. The van der Waals surface area contributed by atoms with Crippen LogP contribution in [0.1, 0.15) is 105 Å². The van der Waals surface area contributed by atoms with Crippen LogP contribution in [0.2, 0.25) is 5.21 Å². The fourth-order valence-corrected chi connectivity index (χ4v) is 3.32. The van der Waals surface area contributed by atoms with Crippen molar-refractivity contribution < 1.29 is 0 Å². The predicted molar refractivity (Wildman–Crippen MR) is 99.3 cm³/mol. The summed E-state index contributed by atoms with van der Waals surface area (Å²) in [6.07, 6.45) is 14.2. The first-order chi connectivity index (χ1) is 9.81. The first-order valence-corrected chi connectivity index (χ1v) is 9.39. The zero-order chi connectivity index (χ0) is 16.4. The molecule has 0 fully saturated rings. The lowest BCUT2D eigenvalue weighted by Gasteiger charge is -2.49. The van der Waals surface area contributed by atoms with Crippen LogP contribution in [-0.2, 0) is 0 Å². The third-order valence-corrected chi connectivity index (χ3v) is 5.41. The van der Waals surface area contributed by atoms with Gasteiger partial charge >= 0.3 is 0 Å². The average Bonchev–Trinajstić information content (AvgIpc) is 2.43. The van der Waals surface area contributed by atoms with Crippen molar-refractivity contribution in [2.24, 2.45) is 11.3 Å². The summed E-state index contributed by atoms with van der Waals surface area (Å²) in [6.45, 7) is 11.2. The van der Waals surface area contributed by atoms with Crippen LogP contribution in [-0.4, -0.2) is 15.7 Å². The Bertz CT molecular complexity index is 248.